The van der Waals surface area contributed by atoms with Crippen molar-refractivity contribution in [3.63, 3.8) is 0 Å². The fourth-order valence-corrected chi connectivity index (χ4v) is 2.38. The van der Waals surface area contributed by atoms with E-state index in [0.29, 0.717) is 0 Å². The molecule has 0 amide bonds. The van der Waals surface area contributed by atoms with Crippen LogP contribution in [0.15, 0.2) is 21.7 Å². The largest absolute Gasteiger partial charge is 0.506 e. The third-order valence-corrected chi connectivity index (χ3v) is 3.39. The van der Waals surface area contributed by atoms with Crippen LogP contribution in [0.2, 0.25) is 0 Å². The highest BCUT2D eigenvalue weighted by Gasteiger charge is 2.21. The van der Waals surface area contributed by atoms with E-state index in [9.17, 15) is 29.4 Å². The molecule has 0 atom stereocenters. The molecule has 20 heavy (non-hydrogen) atoms. The molecule has 3 aromatic carbocycles. The molecule has 0 saturated heterocycles. The Balaban J connectivity index is 2.63. The van der Waals surface area contributed by atoms with Crippen molar-refractivity contribution in [2.45, 2.75) is 0 Å². The van der Waals surface area contributed by atoms with Gasteiger partial charge in [0.25, 0.3) is 0 Å². The van der Waals surface area contributed by atoms with E-state index < -0.39 is 33.5 Å². The van der Waals surface area contributed by atoms with Crippen molar-refractivity contribution in [2.75, 3.05) is 0 Å². The Bertz CT molecular complexity index is 911. The van der Waals surface area contributed by atoms with Crippen LogP contribution in [0.3, 0.4) is 0 Å². The second-order valence-electron chi connectivity index (χ2n) is 4.36. The Morgan fingerprint density at radius 2 is 1.05 bits per heavy atom. The number of hydrogen-bond acceptors (Lipinski definition) is 6. The van der Waals surface area contributed by atoms with Crippen LogP contribution in [-0.4, -0.2) is 22.8 Å². The molecular weight excluding hydrogens is 264 g/mol. The molecule has 0 aliphatic heterocycles. The van der Waals surface area contributed by atoms with Crippen LogP contribution in [0.4, 0.5) is 0 Å². The molecule has 6 heteroatoms. The fourth-order valence-electron chi connectivity index (χ4n) is 2.38. The Hall–Kier alpha value is -3.02. The monoisotopic (exact) mass is 270 g/mol. The van der Waals surface area contributed by atoms with Crippen LogP contribution in [-0.2, 0) is 0 Å². The highest BCUT2D eigenvalue weighted by atomic mass is 16.3. The van der Waals surface area contributed by atoms with Gasteiger partial charge in [0.2, 0.25) is 10.9 Å². The van der Waals surface area contributed by atoms with E-state index in [1.54, 1.807) is 0 Å². The zero-order valence-corrected chi connectivity index (χ0v) is 9.84. The summed E-state index contributed by atoms with van der Waals surface area (Å²) in [5.74, 6) is -0.995. The lowest BCUT2D eigenvalue weighted by atomic mass is 10.1. The van der Waals surface area contributed by atoms with Crippen LogP contribution in [0.5, 0.6) is 11.5 Å². The third kappa shape index (κ3) is 1.22. The standard InChI is InChI=1S/C14H6O6/c15-3-9-11(17)5-1-6-8(2-7(5)13(9)19)14(20)10(4-16)12(6)18/h1-4,17-18H. The molecule has 3 aromatic rings. The minimum atomic E-state index is -0.692. The highest BCUT2D eigenvalue weighted by Crippen LogP contribution is 2.34. The van der Waals surface area contributed by atoms with Crippen LogP contribution in [0.25, 0.3) is 21.5 Å². The second kappa shape index (κ2) is 3.74. The van der Waals surface area contributed by atoms with E-state index in [0.717, 1.165) is 0 Å². The number of fused-ring (bicyclic) bond motifs is 2. The molecule has 0 aliphatic carbocycles. The molecule has 6 nitrogen and oxygen atoms in total. The van der Waals surface area contributed by atoms with Crippen molar-refractivity contribution in [2.24, 2.45) is 0 Å². The first-order chi connectivity index (χ1) is 9.51. The third-order valence-electron chi connectivity index (χ3n) is 3.39. The first-order valence-electron chi connectivity index (χ1n) is 5.56. The van der Waals surface area contributed by atoms with Crippen molar-refractivity contribution < 1.29 is 19.8 Å². The highest BCUT2D eigenvalue weighted by molar-refractivity contribution is 6.10. The van der Waals surface area contributed by atoms with Crippen LogP contribution < -0.4 is 10.9 Å². The van der Waals surface area contributed by atoms with Gasteiger partial charge in [-0.15, -0.1) is 0 Å². The molecule has 0 radical (unpaired) electrons. The molecule has 0 unspecified atom stereocenters. The van der Waals surface area contributed by atoms with E-state index in [-0.39, 0.29) is 34.1 Å². The molecular formula is C14H6O6. The summed E-state index contributed by atoms with van der Waals surface area (Å²) in [5, 5.41) is 19.7. The van der Waals surface area contributed by atoms with Gasteiger partial charge in [-0.2, -0.15) is 0 Å². The number of carbonyl (C=O) groups excluding carboxylic acids is 2. The second-order valence-corrected chi connectivity index (χ2v) is 4.36. The number of aromatic hydroxyl groups is 2. The van der Waals surface area contributed by atoms with Gasteiger partial charge in [-0.3, -0.25) is 19.2 Å². The van der Waals surface area contributed by atoms with E-state index >= 15 is 0 Å². The van der Waals surface area contributed by atoms with Crippen molar-refractivity contribution >= 4 is 34.1 Å². The quantitative estimate of drug-likeness (QED) is 0.661. The maximum atomic E-state index is 11.9. The zero-order valence-electron chi connectivity index (χ0n) is 9.84. The first kappa shape index (κ1) is 12.0. The van der Waals surface area contributed by atoms with Gasteiger partial charge in [0.15, 0.2) is 12.6 Å². The number of carbonyl (C=O) groups is 2. The molecule has 0 spiro atoms. The normalized spacial score (nSPS) is 11.2. The van der Waals surface area contributed by atoms with Crippen molar-refractivity contribution in [1.82, 2.24) is 0 Å². The average molecular weight is 270 g/mol. The van der Waals surface area contributed by atoms with Crippen molar-refractivity contribution in [3.05, 3.63) is 43.7 Å². The summed E-state index contributed by atoms with van der Waals surface area (Å²) < 4.78 is 0. The van der Waals surface area contributed by atoms with E-state index in [4.69, 9.17) is 0 Å². The van der Waals surface area contributed by atoms with Crippen LogP contribution >= 0.6 is 0 Å². The van der Waals surface area contributed by atoms with Gasteiger partial charge in [0.05, 0.1) is 0 Å². The SMILES string of the molecule is O=Cc1c(O)c2cc3c(O)c(C=O)c(=O)c3cc2c1=O. The van der Waals surface area contributed by atoms with Gasteiger partial charge in [0, 0.05) is 21.5 Å². The summed E-state index contributed by atoms with van der Waals surface area (Å²) in [6, 6.07) is 2.40. The minimum absolute atomic E-state index is 0.00310. The van der Waals surface area contributed by atoms with Gasteiger partial charge >= 0.3 is 0 Å². The number of rotatable bonds is 2. The summed E-state index contributed by atoms with van der Waals surface area (Å²) in [5.41, 5.74) is -2.17. The van der Waals surface area contributed by atoms with Crippen LogP contribution in [0.1, 0.15) is 20.7 Å². The lowest BCUT2D eigenvalue weighted by Crippen LogP contribution is -2.03. The lowest BCUT2D eigenvalue weighted by Gasteiger charge is -1.94. The molecule has 0 aliphatic rings. The smallest absolute Gasteiger partial charge is 0.200 e. The Morgan fingerprint density at radius 1 is 0.700 bits per heavy atom. The predicted molar refractivity (Wildman–Crippen MR) is 70.5 cm³/mol. The maximum absolute atomic E-state index is 11.9. The summed E-state index contributed by atoms with van der Waals surface area (Å²) in [6.07, 6.45) is 0.467. The van der Waals surface area contributed by atoms with Gasteiger partial charge in [-0.05, 0) is 12.1 Å². The summed E-state index contributed by atoms with van der Waals surface area (Å²) >= 11 is 0. The van der Waals surface area contributed by atoms with E-state index in [1.165, 1.54) is 12.1 Å². The predicted octanol–water partition coefficient (Wildman–Crippen LogP) is 0.625. The lowest BCUT2D eigenvalue weighted by molar-refractivity contribution is 0.111. The first-order valence-corrected chi connectivity index (χ1v) is 5.56. The summed E-state index contributed by atoms with van der Waals surface area (Å²) in [6.45, 7) is 0. The van der Waals surface area contributed by atoms with Gasteiger partial charge in [-0.25, -0.2) is 0 Å². The zero-order chi connectivity index (χ0) is 14.6. The molecule has 3 rings (SSSR count). The Morgan fingerprint density at radius 3 is 1.40 bits per heavy atom. The number of benzene rings is 1. The Kier molecular flexibility index (Phi) is 2.25. The van der Waals surface area contributed by atoms with Crippen molar-refractivity contribution in [1.29, 1.82) is 0 Å². The molecule has 0 fully saturated rings. The molecule has 0 aromatic heterocycles. The Labute approximate surface area is 110 Å². The average Bonchev–Trinajstić information content (AvgIpc) is 2.82. The van der Waals surface area contributed by atoms with Gasteiger partial charge in [-0.1, -0.05) is 0 Å². The molecule has 0 bridgehead atoms. The summed E-state index contributed by atoms with van der Waals surface area (Å²) in [4.78, 5) is 45.3. The van der Waals surface area contributed by atoms with Gasteiger partial charge in [0.1, 0.15) is 22.6 Å². The fraction of sp³-hybridized carbons (Fsp3) is 0. The minimum Gasteiger partial charge on any atom is -0.506 e. The molecule has 98 valence electrons. The number of aldehydes is 2. The summed E-state index contributed by atoms with van der Waals surface area (Å²) in [7, 11) is 0. The van der Waals surface area contributed by atoms with Crippen LogP contribution in [0, 0.1) is 0 Å². The maximum Gasteiger partial charge on any atom is 0.200 e. The van der Waals surface area contributed by atoms with Crippen molar-refractivity contribution in [3.8, 4) is 11.5 Å². The van der Waals surface area contributed by atoms with E-state index in [1.807, 2.05) is 0 Å². The van der Waals surface area contributed by atoms with E-state index in [2.05, 4.69) is 0 Å². The topological polar surface area (TPSA) is 109 Å². The molecule has 2 N–H and O–H groups in total. The van der Waals surface area contributed by atoms with Gasteiger partial charge < -0.3 is 10.2 Å². The molecule has 0 heterocycles. The molecule has 0 saturated carbocycles. The number of hydrogen-bond donors (Lipinski definition) is 2.